The van der Waals surface area contributed by atoms with Gasteiger partial charge < -0.3 is 10.2 Å². The van der Waals surface area contributed by atoms with Gasteiger partial charge in [0.15, 0.2) is 0 Å². The molecule has 0 spiro atoms. The molecule has 0 heterocycles. The number of hydrogen-bond acceptors (Lipinski definition) is 2. The molecule has 0 amide bonds. The Hall–Kier alpha value is -0.0800. The number of rotatable bonds is 9. The van der Waals surface area contributed by atoms with Crippen molar-refractivity contribution in [3.8, 4) is 0 Å². The predicted molar refractivity (Wildman–Crippen MR) is 62.7 cm³/mol. The van der Waals surface area contributed by atoms with Gasteiger partial charge in [0.25, 0.3) is 0 Å². The summed E-state index contributed by atoms with van der Waals surface area (Å²) in [6.45, 7) is 5.92. The fourth-order valence-electron chi connectivity index (χ4n) is 1.61. The third kappa shape index (κ3) is 6.39. The molecule has 1 saturated carbocycles. The lowest BCUT2D eigenvalue weighted by Crippen LogP contribution is -2.19. The molecule has 2 heteroatoms. The monoisotopic (exact) mass is 198 g/mol. The fourth-order valence-corrected chi connectivity index (χ4v) is 1.61. The minimum atomic E-state index is 0.890. The fraction of sp³-hybridized carbons (Fsp3) is 1.00. The van der Waals surface area contributed by atoms with Gasteiger partial charge in [0.1, 0.15) is 0 Å². The molecule has 1 fully saturated rings. The zero-order valence-corrected chi connectivity index (χ0v) is 9.89. The van der Waals surface area contributed by atoms with Gasteiger partial charge in [-0.25, -0.2) is 0 Å². The maximum atomic E-state index is 3.56. The molecular weight excluding hydrogens is 172 g/mol. The highest BCUT2D eigenvalue weighted by Gasteiger charge is 2.19. The number of hydrogen-bond donors (Lipinski definition) is 1. The lowest BCUT2D eigenvalue weighted by atomic mass is 10.2. The van der Waals surface area contributed by atoms with E-state index in [-0.39, 0.29) is 0 Å². The molecule has 0 aromatic carbocycles. The van der Waals surface area contributed by atoms with Crippen molar-refractivity contribution in [1.82, 2.24) is 10.2 Å². The molecule has 0 unspecified atom stereocenters. The number of nitrogens with one attached hydrogen (secondary N) is 1. The predicted octanol–water partition coefficient (Wildman–Crippen LogP) is 2.25. The van der Waals surface area contributed by atoms with E-state index >= 15 is 0 Å². The smallest absolute Gasteiger partial charge is 0.00682 e. The van der Waals surface area contributed by atoms with Gasteiger partial charge in [-0.05, 0) is 52.4 Å². The minimum absolute atomic E-state index is 0.890. The van der Waals surface area contributed by atoms with Crippen molar-refractivity contribution >= 4 is 0 Å². The lowest BCUT2D eigenvalue weighted by molar-refractivity contribution is 0.340. The average Bonchev–Trinajstić information content (AvgIpc) is 2.99. The molecule has 14 heavy (non-hydrogen) atoms. The van der Waals surface area contributed by atoms with Crippen molar-refractivity contribution < 1.29 is 0 Å². The van der Waals surface area contributed by atoms with Crippen molar-refractivity contribution in [2.75, 3.05) is 26.7 Å². The summed E-state index contributed by atoms with van der Waals surface area (Å²) in [5.74, 6) is 0. The molecule has 0 aliphatic heterocycles. The van der Waals surface area contributed by atoms with Gasteiger partial charge >= 0.3 is 0 Å². The Bertz CT molecular complexity index is 132. The molecule has 0 atom stereocenters. The molecule has 1 rings (SSSR count). The molecule has 1 aliphatic rings. The summed E-state index contributed by atoms with van der Waals surface area (Å²) in [7, 11) is 2.20. The first-order chi connectivity index (χ1) is 6.83. The Morgan fingerprint density at radius 1 is 1.14 bits per heavy atom. The highest BCUT2D eigenvalue weighted by atomic mass is 15.1. The summed E-state index contributed by atoms with van der Waals surface area (Å²) in [4.78, 5) is 2.39. The first-order valence-corrected chi connectivity index (χ1v) is 6.25. The number of nitrogens with zero attached hydrogens (tertiary/aromatic N) is 1. The van der Waals surface area contributed by atoms with Gasteiger partial charge in [-0.2, -0.15) is 0 Å². The van der Waals surface area contributed by atoms with E-state index in [1.165, 1.54) is 58.2 Å². The second kappa shape index (κ2) is 7.24. The zero-order valence-electron chi connectivity index (χ0n) is 9.89. The summed E-state index contributed by atoms with van der Waals surface area (Å²) in [5, 5.41) is 3.56. The zero-order chi connectivity index (χ0) is 10.2. The summed E-state index contributed by atoms with van der Waals surface area (Å²) in [6.07, 6.45) is 8.37. The van der Waals surface area contributed by atoms with E-state index in [1.54, 1.807) is 0 Å². The molecule has 0 aromatic heterocycles. The summed E-state index contributed by atoms with van der Waals surface area (Å²) in [5.41, 5.74) is 0. The Balaban J connectivity index is 1.70. The van der Waals surface area contributed by atoms with E-state index in [9.17, 15) is 0 Å². The number of unbranched alkanes of at least 4 members (excludes halogenated alkanes) is 3. The summed E-state index contributed by atoms with van der Waals surface area (Å²) < 4.78 is 0. The van der Waals surface area contributed by atoms with Crippen LogP contribution in [-0.4, -0.2) is 37.6 Å². The lowest BCUT2D eigenvalue weighted by Gasteiger charge is -2.12. The Morgan fingerprint density at radius 3 is 2.50 bits per heavy atom. The van der Waals surface area contributed by atoms with Crippen molar-refractivity contribution in [2.45, 2.75) is 51.5 Å². The van der Waals surface area contributed by atoms with Crippen LogP contribution in [0.4, 0.5) is 0 Å². The first kappa shape index (κ1) is 12.0. The molecular formula is C12H26N2. The van der Waals surface area contributed by atoms with Gasteiger partial charge in [-0.3, -0.25) is 0 Å². The highest BCUT2D eigenvalue weighted by Crippen LogP contribution is 2.18. The van der Waals surface area contributed by atoms with Crippen molar-refractivity contribution in [3.63, 3.8) is 0 Å². The molecule has 1 N–H and O–H groups in total. The molecule has 84 valence electrons. The van der Waals surface area contributed by atoms with Crippen LogP contribution in [0, 0.1) is 0 Å². The van der Waals surface area contributed by atoms with Gasteiger partial charge in [-0.15, -0.1) is 0 Å². The van der Waals surface area contributed by atoms with Crippen LogP contribution in [0.15, 0.2) is 0 Å². The van der Waals surface area contributed by atoms with Gasteiger partial charge in [0, 0.05) is 6.04 Å². The average molecular weight is 198 g/mol. The van der Waals surface area contributed by atoms with Gasteiger partial charge in [0.05, 0.1) is 0 Å². The normalized spacial score (nSPS) is 16.5. The van der Waals surface area contributed by atoms with Crippen LogP contribution in [0.3, 0.4) is 0 Å². The van der Waals surface area contributed by atoms with E-state index in [4.69, 9.17) is 0 Å². The van der Waals surface area contributed by atoms with Crippen LogP contribution in [0.5, 0.6) is 0 Å². The van der Waals surface area contributed by atoms with Crippen LogP contribution in [0.1, 0.15) is 45.4 Å². The third-order valence-corrected chi connectivity index (χ3v) is 3.02. The van der Waals surface area contributed by atoms with Crippen LogP contribution in [0.25, 0.3) is 0 Å². The van der Waals surface area contributed by atoms with Crippen LogP contribution in [-0.2, 0) is 0 Å². The molecule has 0 aromatic rings. The van der Waals surface area contributed by atoms with E-state index < -0.39 is 0 Å². The Labute approximate surface area is 89.1 Å². The van der Waals surface area contributed by atoms with E-state index in [0.29, 0.717) is 0 Å². The van der Waals surface area contributed by atoms with Crippen LogP contribution >= 0.6 is 0 Å². The van der Waals surface area contributed by atoms with E-state index in [1.807, 2.05) is 0 Å². The molecule has 1 aliphatic carbocycles. The highest BCUT2D eigenvalue weighted by molar-refractivity contribution is 4.80. The maximum Gasteiger partial charge on any atom is 0.00682 e. The maximum absolute atomic E-state index is 3.56. The molecule has 2 nitrogen and oxygen atoms in total. The second-order valence-electron chi connectivity index (χ2n) is 4.54. The van der Waals surface area contributed by atoms with Crippen LogP contribution in [0.2, 0.25) is 0 Å². The van der Waals surface area contributed by atoms with E-state index in [0.717, 1.165) is 6.04 Å². The third-order valence-electron chi connectivity index (χ3n) is 3.02. The molecule has 0 saturated heterocycles. The van der Waals surface area contributed by atoms with Crippen LogP contribution < -0.4 is 5.32 Å². The largest absolute Gasteiger partial charge is 0.314 e. The van der Waals surface area contributed by atoms with Gasteiger partial charge in [0.2, 0.25) is 0 Å². The van der Waals surface area contributed by atoms with Crippen molar-refractivity contribution in [1.29, 1.82) is 0 Å². The Kier molecular flexibility index (Phi) is 6.20. The topological polar surface area (TPSA) is 15.3 Å². The Morgan fingerprint density at radius 2 is 1.86 bits per heavy atom. The van der Waals surface area contributed by atoms with Gasteiger partial charge in [-0.1, -0.05) is 19.8 Å². The van der Waals surface area contributed by atoms with Crippen molar-refractivity contribution in [2.24, 2.45) is 0 Å². The van der Waals surface area contributed by atoms with E-state index in [2.05, 4.69) is 24.2 Å². The quantitative estimate of drug-likeness (QED) is 0.572. The first-order valence-electron chi connectivity index (χ1n) is 6.25. The van der Waals surface area contributed by atoms with Crippen molar-refractivity contribution in [3.05, 3.63) is 0 Å². The summed E-state index contributed by atoms with van der Waals surface area (Å²) >= 11 is 0. The minimum Gasteiger partial charge on any atom is -0.314 e. The second-order valence-corrected chi connectivity index (χ2v) is 4.54. The summed E-state index contributed by atoms with van der Waals surface area (Å²) in [6, 6.07) is 0.890. The SMILES string of the molecule is CCN(C)CCCCCCNC1CC1. The standard InChI is InChI=1S/C12H26N2/c1-3-14(2)11-7-5-4-6-10-13-12-8-9-12/h12-13H,3-11H2,1-2H3. The molecule has 0 bridgehead atoms. The molecule has 0 radical (unpaired) electrons.